The molecule has 126 valence electrons. The van der Waals surface area contributed by atoms with Crippen LogP contribution in [0, 0.1) is 6.92 Å². The molecule has 4 rings (SSSR count). The molecule has 0 amide bonds. The highest BCUT2D eigenvalue weighted by Gasteiger charge is 2.22. The molecule has 1 saturated carbocycles. The first-order valence-electron chi connectivity index (χ1n) is 8.77. The maximum atomic E-state index is 4.69. The molecule has 1 heterocycles. The van der Waals surface area contributed by atoms with Gasteiger partial charge in [0.1, 0.15) is 5.82 Å². The molecule has 2 N–H and O–H groups in total. The summed E-state index contributed by atoms with van der Waals surface area (Å²) in [6.45, 7) is 2.86. The predicted molar refractivity (Wildman–Crippen MR) is 103 cm³/mol. The van der Waals surface area contributed by atoms with Crippen molar-refractivity contribution in [3.8, 4) is 11.3 Å². The minimum Gasteiger partial charge on any atom is -0.366 e. The van der Waals surface area contributed by atoms with Crippen molar-refractivity contribution in [3.05, 3.63) is 71.8 Å². The van der Waals surface area contributed by atoms with Gasteiger partial charge in [0.15, 0.2) is 0 Å². The molecule has 0 aliphatic heterocycles. The van der Waals surface area contributed by atoms with E-state index in [4.69, 9.17) is 4.98 Å². The minimum atomic E-state index is 0.524. The van der Waals surface area contributed by atoms with Gasteiger partial charge in [-0.2, -0.15) is 4.98 Å². The highest BCUT2D eigenvalue weighted by Crippen LogP contribution is 2.26. The van der Waals surface area contributed by atoms with Crippen LogP contribution in [0.15, 0.2) is 60.7 Å². The second kappa shape index (κ2) is 6.93. The zero-order valence-corrected chi connectivity index (χ0v) is 14.4. The predicted octanol–water partition coefficient (Wildman–Crippen LogP) is 4.64. The molecule has 0 saturated heterocycles. The van der Waals surface area contributed by atoms with Crippen molar-refractivity contribution < 1.29 is 0 Å². The molecule has 0 bridgehead atoms. The Hall–Kier alpha value is -2.88. The lowest BCUT2D eigenvalue weighted by Gasteiger charge is -2.11. The zero-order valence-electron chi connectivity index (χ0n) is 14.4. The zero-order chi connectivity index (χ0) is 17.1. The van der Waals surface area contributed by atoms with Gasteiger partial charge in [-0.05, 0) is 25.3 Å². The van der Waals surface area contributed by atoms with Crippen LogP contribution in [0.2, 0.25) is 0 Å². The molecule has 0 spiro atoms. The second-order valence-corrected chi connectivity index (χ2v) is 6.59. The van der Waals surface area contributed by atoms with E-state index in [2.05, 4.69) is 58.9 Å². The smallest absolute Gasteiger partial charge is 0.225 e. The number of aryl methyl sites for hydroxylation is 1. The summed E-state index contributed by atoms with van der Waals surface area (Å²) in [7, 11) is 0. The van der Waals surface area contributed by atoms with Crippen molar-refractivity contribution in [1.82, 2.24) is 9.97 Å². The first kappa shape index (κ1) is 15.6. The third-order valence-corrected chi connectivity index (χ3v) is 4.26. The van der Waals surface area contributed by atoms with Crippen molar-refractivity contribution in [3.63, 3.8) is 0 Å². The van der Waals surface area contributed by atoms with Crippen LogP contribution >= 0.6 is 0 Å². The van der Waals surface area contributed by atoms with E-state index in [-0.39, 0.29) is 0 Å². The molecule has 4 heteroatoms. The maximum Gasteiger partial charge on any atom is 0.225 e. The summed E-state index contributed by atoms with van der Waals surface area (Å²) in [5.74, 6) is 1.55. The minimum absolute atomic E-state index is 0.524. The van der Waals surface area contributed by atoms with Gasteiger partial charge in [-0.15, -0.1) is 0 Å². The molecule has 1 aliphatic carbocycles. The largest absolute Gasteiger partial charge is 0.366 e. The number of aromatic nitrogens is 2. The molecule has 2 aromatic carbocycles. The highest BCUT2D eigenvalue weighted by molar-refractivity contribution is 5.64. The molecular weight excluding hydrogens is 308 g/mol. The van der Waals surface area contributed by atoms with E-state index in [1.165, 1.54) is 24.0 Å². The Kier molecular flexibility index (Phi) is 4.34. The van der Waals surface area contributed by atoms with E-state index < -0.39 is 0 Å². The third kappa shape index (κ3) is 4.15. The molecule has 4 nitrogen and oxygen atoms in total. The Balaban J connectivity index is 1.59. The van der Waals surface area contributed by atoms with Gasteiger partial charge in [0.05, 0.1) is 5.69 Å². The van der Waals surface area contributed by atoms with Gasteiger partial charge in [-0.3, -0.25) is 0 Å². The van der Waals surface area contributed by atoms with E-state index in [1.54, 1.807) is 0 Å². The summed E-state index contributed by atoms with van der Waals surface area (Å²) in [6.07, 6.45) is 2.40. The van der Waals surface area contributed by atoms with Gasteiger partial charge in [-0.1, -0.05) is 60.2 Å². The van der Waals surface area contributed by atoms with Gasteiger partial charge in [0, 0.05) is 24.2 Å². The van der Waals surface area contributed by atoms with E-state index in [9.17, 15) is 0 Å². The van der Waals surface area contributed by atoms with Crippen LogP contribution in [-0.4, -0.2) is 16.0 Å². The van der Waals surface area contributed by atoms with Crippen LogP contribution in [0.3, 0.4) is 0 Å². The summed E-state index contributed by atoms with van der Waals surface area (Å²) < 4.78 is 0. The highest BCUT2D eigenvalue weighted by atomic mass is 15.2. The van der Waals surface area contributed by atoms with E-state index in [1.807, 2.05) is 24.3 Å². The van der Waals surface area contributed by atoms with Crippen LogP contribution in [0.25, 0.3) is 11.3 Å². The monoisotopic (exact) mass is 330 g/mol. The third-order valence-electron chi connectivity index (χ3n) is 4.26. The van der Waals surface area contributed by atoms with Gasteiger partial charge in [-0.25, -0.2) is 4.98 Å². The molecular formula is C21H22N4. The first-order chi connectivity index (χ1) is 12.3. The van der Waals surface area contributed by atoms with Gasteiger partial charge >= 0.3 is 0 Å². The van der Waals surface area contributed by atoms with Crippen LogP contribution in [0.1, 0.15) is 24.0 Å². The van der Waals surface area contributed by atoms with Crippen molar-refractivity contribution in [2.24, 2.45) is 0 Å². The number of hydrogen-bond donors (Lipinski definition) is 2. The summed E-state index contributed by atoms with van der Waals surface area (Å²) in [5.41, 5.74) is 4.55. The molecule has 0 radical (unpaired) electrons. The maximum absolute atomic E-state index is 4.69. The Morgan fingerprint density at radius 2 is 1.80 bits per heavy atom. The average Bonchev–Trinajstić information content (AvgIpc) is 3.45. The van der Waals surface area contributed by atoms with Crippen LogP contribution < -0.4 is 10.6 Å². The normalized spacial score (nSPS) is 13.5. The molecule has 0 unspecified atom stereocenters. The van der Waals surface area contributed by atoms with E-state index >= 15 is 0 Å². The van der Waals surface area contributed by atoms with E-state index in [0.29, 0.717) is 12.0 Å². The van der Waals surface area contributed by atoms with Crippen molar-refractivity contribution in [1.29, 1.82) is 0 Å². The second-order valence-electron chi connectivity index (χ2n) is 6.59. The molecule has 1 aliphatic rings. The topological polar surface area (TPSA) is 49.8 Å². The summed E-state index contributed by atoms with van der Waals surface area (Å²) in [6, 6.07) is 21.3. The SMILES string of the molecule is Cc1cccc(CNc2cc(-c3ccccc3)nc(NC3CC3)n2)c1. The van der Waals surface area contributed by atoms with Crippen LogP contribution in [0.5, 0.6) is 0 Å². The first-order valence-corrected chi connectivity index (χ1v) is 8.77. The average molecular weight is 330 g/mol. The Labute approximate surface area is 148 Å². The number of rotatable bonds is 6. The summed E-state index contributed by atoms with van der Waals surface area (Å²) >= 11 is 0. The Morgan fingerprint density at radius 3 is 2.56 bits per heavy atom. The fourth-order valence-corrected chi connectivity index (χ4v) is 2.78. The van der Waals surface area contributed by atoms with Crippen molar-refractivity contribution in [2.45, 2.75) is 32.4 Å². The van der Waals surface area contributed by atoms with Crippen LogP contribution in [0.4, 0.5) is 11.8 Å². The lowest BCUT2D eigenvalue weighted by Crippen LogP contribution is -2.09. The number of nitrogens with one attached hydrogen (secondary N) is 2. The van der Waals surface area contributed by atoms with Gasteiger partial charge < -0.3 is 10.6 Å². The number of anilines is 2. The molecule has 3 aromatic rings. The summed E-state index contributed by atoms with van der Waals surface area (Å²) in [4.78, 5) is 9.33. The molecule has 25 heavy (non-hydrogen) atoms. The Morgan fingerprint density at radius 1 is 0.960 bits per heavy atom. The van der Waals surface area contributed by atoms with Gasteiger partial charge in [0.25, 0.3) is 0 Å². The molecule has 0 atom stereocenters. The summed E-state index contributed by atoms with van der Waals surface area (Å²) in [5, 5.41) is 6.85. The number of nitrogens with zero attached hydrogens (tertiary/aromatic N) is 2. The fraction of sp³-hybridized carbons (Fsp3) is 0.238. The quantitative estimate of drug-likeness (QED) is 0.691. The lowest BCUT2D eigenvalue weighted by atomic mass is 10.1. The van der Waals surface area contributed by atoms with Gasteiger partial charge in [0.2, 0.25) is 5.95 Å². The van der Waals surface area contributed by atoms with Crippen molar-refractivity contribution >= 4 is 11.8 Å². The standard InChI is InChI=1S/C21H22N4/c1-15-6-5-7-16(12-15)14-22-20-13-19(17-8-3-2-4-9-17)24-21(25-20)23-18-10-11-18/h2-9,12-13,18H,10-11,14H2,1H3,(H2,22,23,24,25). The lowest BCUT2D eigenvalue weighted by molar-refractivity contribution is 1.03. The number of hydrogen-bond acceptors (Lipinski definition) is 4. The van der Waals surface area contributed by atoms with Crippen molar-refractivity contribution in [2.75, 3.05) is 10.6 Å². The molecule has 1 aromatic heterocycles. The fourth-order valence-electron chi connectivity index (χ4n) is 2.78. The molecule has 1 fully saturated rings. The Bertz CT molecular complexity index is 857. The van der Waals surface area contributed by atoms with Crippen LogP contribution in [-0.2, 0) is 6.54 Å². The number of benzene rings is 2. The van der Waals surface area contributed by atoms with E-state index in [0.717, 1.165) is 23.6 Å².